The Morgan fingerprint density at radius 3 is 3.09 bits per heavy atom. The van der Waals surface area contributed by atoms with Crippen LogP contribution in [0.25, 0.3) is 0 Å². The number of halogens is 2. The number of nitrogens with zero attached hydrogens (tertiary/aromatic N) is 1. The average Bonchev–Trinajstić information content (AvgIpc) is 2.45. The van der Waals surface area contributed by atoms with E-state index in [1.165, 1.54) is 6.20 Å². The Morgan fingerprint density at radius 2 is 2.27 bits per heavy atom. The van der Waals surface area contributed by atoms with Crippen molar-refractivity contribution < 1.29 is 4.39 Å². The van der Waals surface area contributed by atoms with E-state index in [1.54, 1.807) is 0 Å². The molecule has 0 saturated heterocycles. The molecule has 0 radical (unpaired) electrons. The summed E-state index contributed by atoms with van der Waals surface area (Å²) in [5, 5.41) is 0.271. The summed E-state index contributed by atoms with van der Waals surface area (Å²) in [5.74, 6) is -0.396. The normalized spacial score (nSPS) is 15.1. The van der Waals surface area contributed by atoms with Gasteiger partial charge in [-0.05, 0) is 24.8 Å². The third kappa shape index (κ3) is 1.02. The molecule has 0 N–H and O–H groups in total. The molecule has 1 nitrogen and oxygen atoms in total. The molecule has 0 unspecified atom stereocenters. The van der Waals surface area contributed by atoms with Crippen LogP contribution in [0, 0.1) is 5.82 Å². The molecule has 58 valence electrons. The summed E-state index contributed by atoms with van der Waals surface area (Å²) in [5.41, 5.74) is 1.88. The van der Waals surface area contributed by atoms with Crippen molar-refractivity contribution in [1.82, 2.24) is 4.98 Å². The summed E-state index contributed by atoms with van der Waals surface area (Å²) in [7, 11) is 0. The smallest absolute Gasteiger partial charge is 0.160 e. The highest BCUT2D eigenvalue weighted by atomic mass is 35.5. The van der Waals surface area contributed by atoms with Crippen LogP contribution in [-0.2, 0) is 12.8 Å². The fourth-order valence-electron chi connectivity index (χ4n) is 1.44. The number of fused-ring (bicyclic) bond motifs is 1. The van der Waals surface area contributed by atoms with Crippen LogP contribution in [0.5, 0.6) is 0 Å². The summed E-state index contributed by atoms with van der Waals surface area (Å²) in [6, 6.07) is 0. The molecular weight excluding hydrogens is 165 g/mol. The second-order valence-corrected chi connectivity index (χ2v) is 3.08. The van der Waals surface area contributed by atoms with Crippen molar-refractivity contribution in [3.8, 4) is 0 Å². The molecule has 1 aromatic rings. The Balaban J connectivity index is 2.62. The first-order valence-corrected chi connectivity index (χ1v) is 3.98. The molecule has 1 aliphatic rings. The predicted octanol–water partition coefficient (Wildman–Crippen LogP) is 2.36. The highest BCUT2D eigenvalue weighted by Crippen LogP contribution is 2.28. The van der Waals surface area contributed by atoms with Crippen molar-refractivity contribution in [3.05, 3.63) is 28.3 Å². The summed E-state index contributed by atoms with van der Waals surface area (Å²) in [6.45, 7) is 0. The monoisotopic (exact) mass is 171 g/mol. The zero-order valence-electron chi connectivity index (χ0n) is 5.90. The first kappa shape index (κ1) is 7.04. The Kier molecular flexibility index (Phi) is 1.57. The van der Waals surface area contributed by atoms with E-state index in [4.69, 9.17) is 11.6 Å². The molecule has 0 bridgehead atoms. The van der Waals surface area contributed by atoms with Gasteiger partial charge >= 0.3 is 0 Å². The summed E-state index contributed by atoms with van der Waals surface area (Å²) in [6.07, 6.45) is 4.06. The maximum absolute atomic E-state index is 12.8. The Hall–Kier alpha value is -0.630. The van der Waals surface area contributed by atoms with Crippen LogP contribution in [0.4, 0.5) is 4.39 Å². The summed E-state index contributed by atoms with van der Waals surface area (Å²) >= 11 is 5.72. The van der Waals surface area contributed by atoms with Crippen molar-refractivity contribution >= 4 is 11.6 Å². The van der Waals surface area contributed by atoms with E-state index in [-0.39, 0.29) is 5.02 Å². The zero-order valence-corrected chi connectivity index (χ0v) is 6.66. The van der Waals surface area contributed by atoms with Crippen LogP contribution >= 0.6 is 11.6 Å². The largest absolute Gasteiger partial charge is 0.258 e. The van der Waals surface area contributed by atoms with Crippen molar-refractivity contribution in [2.45, 2.75) is 19.3 Å². The number of pyridine rings is 1. The topological polar surface area (TPSA) is 12.9 Å². The number of hydrogen-bond acceptors (Lipinski definition) is 1. The molecular formula is C8H7ClFN. The first-order chi connectivity index (χ1) is 5.29. The average molecular weight is 172 g/mol. The molecule has 0 atom stereocenters. The molecule has 1 aromatic heterocycles. The number of aryl methyl sites for hydroxylation is 1. The van der Waals surface area contributed by atoms with Gasteiger partial charge in [-0.15, -0.1) is 0 Å². The van der Waals surface area contributed by atoms with E-state index in [9.17, 15) is 4.39 Å². The first-order valence-electron chi connectivity index (χ1n) is 3.61. The van der Waals surface area contributed by atoms with Crippen molar-refractivity contribution in [1.29, 1.82) is 0 Å². The Bertz CT molecular complexity index is 298. The van der Waals surface area contributed by atoms with Crippen LogP contribution in [0.2, 0.25) is 5.02 Å². The Morgan fingerprint density at radius 1 is 1.45 bits per heavy atom. The van der Waals surface area contributed by atoms with Gasteiger partial charge in [0.15, 0.2) is 5.82 Å². The number of hydrogen-bond donors (Lipinski definition) is 0. The molecule has 0 aromatic carbocycles. The SMILES string of the molecule is Fc1cnc2c(c1Cl)CCC2. The number of aromatic nitrogens is 1. The molecule has 1 heterocycles. The summed E-state index contributed by atoms with van der Waals surface area (Å²) < 4.78 is 12.8. The van der Waals surface area contributed by atoms with Gasteiger partial charge in [-0.3, -0.25) is 4.98 Å². The standard InChI is InChI=1S/C8H7ClFN/c9-8-5-2-1-3-7(5)11-4-6(8)10/h4H,1-3H2. The van der Waals surface area contributed by atoms with Gasteiger partial charge in [0.05, 0.1) is 11.2 Å². The zero-order chi connectivity index (χ0) is 7.84. The van der Waals surface area contributed by atoms with Crippen LogP contribution in [-0.4, -0.2) is 4.98 Å². The molecule has 0 amide bonds. The maximum atomic E-state index is 12.8. The quantitative estimate of drug-likeness (QED) is 0.584. The van der Waals surface area contributed by atoms with E-state index in [0.717, 1.165) is 30.5 Å². The second kappa shape index (κ2) is 2.45. The van der Waals surface area contributed by atoms with Crippen LogP contribution < -0.4 is 0 Å². The number of rotatable bonds is 0. The van der Waals surface area contributed by atoms with Gasteiger partial charge in [-0.1, -0.05) is 11.6 Å². The minimum atomic E-state index is -0.396. The summed E-state index contributed by atoms with van der Waals surface area (Å²) in [4.78, 5) is 3.96. The third-order valence-corrected chi connectivity index (χ3v) is 2.41. The molecule has 2 rings (SSSR count). The minimum Gasteiger partial charge on any atom is -0.258 e. The lowest BCUT2D eigenvalue weighted by Gasteiger charge is -2.00. The molecule has 0 fully saturated rings. The van der Waals surface area contributed by atoms with Crippen LogP contribution in [0.3, 0.4) is 0 Å². The second-order valence-electron chi connectivity index (χ2n) is 2.70. The van der Waals surface area contributed by atoms with Crippen LogP contribution in [0.1, 0.15) is 17.7 Å². The van der Waals surface area contributed by atoms with E-state index in [0.29, 0.717) is 0 Å². The molecule has 1 aliphatic carbocycles. The fourth-order valence-corrected chi connectivity index (χ4v) is 1.69. The predicted molar refractivity (Wildman–Crippen MR) is 41.2 cm³/mol. The van der Waals surface area contributed by atoms with Gasteiger partial charge in [-0.25, -0.2) is 4.39 Å². The fraction of sp³-hybridized carbons (Fsp3) is 0.375. The van der Waals surface area contributed by atoms with Crippen LogP contribution in [0.15, 0.2) is 6.20 Å². The lowest BCUT2D eigenvalue weighted by atomic mass is 10.2. The third-order valence-electron chi connectivity index (χ3n) is 2.00. The van der Waals surface area contributed by atoms with Gasteiger partial charge in [0.1, 0.15) is 0 Å². The van der Waals surface area contributed by atoms with Gasteiger partial charge in [0, 0.05) is 5.69 Å². The van der Waals surface area contributed by atoms with Crippen molar-refractivity contribution in [3.63, 3.8) is 0 Å². The highest BCUT2D eigenvalue weighted by molar-refractivity contribution is 6.31. The molecule has 11 heavy (non-hydrogen) atoms. The van der Waals surface area contributed by atoms with Gasteiger partial charge in [-0.2, -0.15) is 0 Å². The van der Waals surface area contributed by atoms with Gasteiger partial charge < -0.3 is 0 Å². The Labute approximate surface area is 69.2 Å². The van der Waals surface area contributed by atoms with E-state index in [1.807, 2.05) is 0 Å². The molecule has 0 aliphatic heterocycles. The van der Waals surface area contributed by atoms with Crippen molar-refractivity contribution in [2.75, 3.05) is 0 Å². The van der Waals surface area contributed by atoms with Gasteiger partial charge in [0.2, 0.25) is 0 Å². The molecule has 0 saturated carbocycles. The highest BCUT2D eigenvalue weighted by Gasteiger charge is 2.17. The van der Waals surface area contributed by atoms with E-state index < -0.39 is 5.82 Å². The molecule has 3 heteroatoms. The minimum absolute atomic E-state index is 0.271. The van der Waals surface area contributed by atoms with Crippen molar-refractivity contribution in [2.24, 2.45) is 0 Å². The molecule has 0 spiro atoms. The lowest BCUT2D eigenvalue weighted by Crippen LogP contribution is -1.91. The van der Waals surface area contributed by atoms with E-state index in [2.05, 4.69) is 4.98 Å². The lowest BCUT2D eigenvalue weighted by molar-refractivity contribution is 0.619. The maximum Gasteiger partial charge on any atom is 0.160 e. The van der Waals surface area contributed by atoms with Gasteiger partial charge in [0.25, 0.3) is 0 Å². The van der Waals surface area contributed by atoms with E-state index >= 15 is 0 Å².